The number of nitrogens with one attached hydrogen (secondary N) is 1. The van der Waals surface area contributed by atoms with Crippen LogP contribution in [0.2, 0.25) is 0 Å². The molecule has 0 aliphatic carbocycles. The molecule has 1 aliphatic heterocycles. The molecule has 1 aromatic heterocycles. The van der Waals surface area contributed by atoms with E-state index in [1.54, 1.807) is 11.8 Å². The van der Waals surface area contributed by atoms with Crippen molar-refractivity contribution in [3.63, 3.8) is 0 Å². The van der Waals surface area contributed by atoms with Gasteiger partial charge in [-0.1, -0.05) is 11.8 Å². The number of imidazole rings is 1. The minimum Gasteiger partial charge on any atom is -0.349 e. The van der Waals surface area contributed by atoms with Gasteiger partial charge in [0.2, 0.25) is 5.91 Å². The van der Waals surface area contributed by atoms with Gasteiger partial charge in [-0.3, -0.25) is 9.69 Å². The van der Waals surface area contributed by atoms with E-state index in [2.05, 4.69) is 27.1 Å². The number of likely N-dealkylation sites (N-methyl/N-ethyl adjacent to an activating group) is 1. The molecule has 0 bridgehead atoms. The van der Waals surface area contributed by atoms with Crippen molar-refractivity contribution in [3.05, 3.63) is 11.9 Å². The second kappa shape index (κ2) is 7.29. The predicted octanol–water partition coefficient (Wildman–Crippen LogP) is 0.394. The van der Waals surface area contributed by atoms with E-state index in [0.29, 0.717) is 6.54 Å². The molecule has 0 radical (unpaired) electrons. The lowest BCUT2D eigenvalue weighted by atomic mass is 10.2. The number of rotatable bonds is 5. The third kappa shape index (κ3) is 3.99. The van der Waals surface area contributed by atoms with Crippen molar-refractivity contribution < 1.29 is 4.79 Å². The van der Waals surface area contributed by atoms with Crippen molar-refractivity contribution in [2.24, 2.45) is 7.05 Å². The van der Waals surface area contributed by atoms with Gasteiger partial charge in [0.25, 0.3) is 0 Å². The Balaban J connectivity index is 1.84. The van der Waals surface area contributed by atoms with Crippen molar-refractivity contribution >= 4 is 17.7 Å². The van der Waals surface area contributed by atoms with Gasteiger partial charge in [-0.15, -0.1) is 0 Å². The molecule has 1 saturated heterocycles. The van der Waals surface area contributed by atoms with Gasteiger partial charge >= 0.3 is 0 Å². The molecule has 1 amide bonds. The molecule has 118 valence electrons. The largest absolute Gasteiger partial charge is 0.349 e. The van der Waals surface area contributed by atoms with Crippen LogP contribution in [0.5, 0.6) is 0 Å². The maximum absolute atomic E-state index is 12.3. The van der Waals surface area contributed by atoms with Crippen LogP contribution in [0.4, 0.5) is 0 Å². The van der Waals surface area contributed by atoms with E-state index in [1.807, 2.05) is 31.0 Å². The van der Waals surface area contributed by atoms with Crippen LogP contribution in [0.1, 0.15) is 12.6 Å². The van der Waals surface area contributed by atoms with E-state index in [4.69, 9.17) is 0 Å². The summed E-state index contributed by atoms with van der Waals surface area (Å²) < 4.78 is 2.02. The van der Waals surface area contributed by atoms with E-state index in [-0.39, 0.29) is 11.9 Å². The standard InChI is InChI=1S/C14H25N5OS/c1-11(19-7-5-17(2)6-8-19)13(20)15-9-12-10-16-14(21-4)18(12)3/h10-11H,5-9H2,1-4H3,(H,15,20)/t11-/m1/s1. The Bertz CT molecular complexity index is 482. The van der Waals surface area contributed by atoms with Gasteiger partial charge in [-0.2, -0.15) is 0 Å². The van der Waals surface area contributed by atoms with Crippen LogP contribution in [0.3, 0.4) is 0 Å². The lowest BCUT2D eigenvalue weighted by Gasteiger charge is -2.35. The van der Waals surface area contributed by atoms with E-state index in [9.17, 15) is 4.79 Å². The summed E-state index contributed by atoms with van der Waals surface area (Å²) >= 11 is 1.61. The Morgan fingerprint density at radius 3 is 2.62 bits per heavy atom. The Kier molecular flexibility index (Phi) is 5.66. The minimum absolute atomic E-state index is 0.0769. The first-order valence-electron chi connectivity index (χ1n) is 7.27. The number of hydrogen-bond donors (Lipinski definition) is 1. The molecule has 0 unspecified atom stereocenters. The average Bonchev–Trinajstić information content (AvgIpc) is 2.85. The van der Waals surface area contributed by atoms with Crippen LogP contribution in [0.15, 0.2) is 11.4 Å². The van der Waals surface area contributed by atoms with Gasteiger partial charge in [0.1, 0.15) is 0 Å². The van der Waals surface area contributed by atoms with Gasteiger partial charge in [-0.05, 0) is 20.2 Å². The topological polar surface area (TPSA) is 53.4 Å². The summed E-state index contributed by atoms with van der Waals surface area (Å²) in [7, 11) is 4.10. The first-order valence-corrected chi connectivity index (χ1v) is 8.50. The fraction of sp³-hybridized carbons (Fsp3) is 0.714. The number of carbonyl (C=O) groups is 1. The zero-order valence-electron chi connectivity index (χ0n) is 13.3. The second-order valence-electron chi connectivity index (χ2n) is 5.53. The third-order valence-corrected chi connectivity index (χ3v) is 4.88. The fourth-order valence-corrected chi connectivity index (χ4v) is 3.03. The monoisotopic (exact) mass is 311 g/mol. The predicted molar refractivity (Wildman–Crippen MR) is 85.4 cm³/mol. The molecular formula is C14H25N5OS. The molecule has 0 saturated carbocycles. The summed E-state index contributed by atoms with van der Waals surface area (Å²) in [5.74, 6) is 0.0893. The molecule has 1 atom stereocenters. The van der Waals surface area contributed by atoms with Crippen LogP contribution < -0.4 is 5.32 Å². The molecule has 0 aromatic carbocycles. The fourth-order valence-electron chi connectivity index (χ4n) is 2.48. The summed E-state index contributed by atoms with van der Waals surface area (Å²) in [6.45, 7) is 6.46. The van der Waals surface area contributed by atoms with E-state index in [0.717, 1.165) is 37.0 Å². The number of nitrogens with zero attached hydrogens (tertiary/aromatic N) is 4. The highest BCUT2D eigenvalue weighted by Crippen LogP contribution is 2.13. The van der Waals surface area contributed by atoms with Crippen LogP contribution >= 0.6 is 11.8 Å². The van der Waals surface area contributed by atoms with Gasteiger partial charge < -0.3 is 14.8 Å². The van der Waals surface area contributed by atoms with Gasteiger partial charge in [0, 0.05) is 33.2 Å². The minimum atomic E-state index is -0.0769. The zero-order valence-corrected chi connectivity index (χ0v) is 14.1. The Morgan fingerprint density at radius 1 is 1.38 bits per heavy atom. The molecule has 0 spiro atoms. The van der Waals surface area contributed by atoms with E-state index in [1.165, 1.54) is 0 Å². The maximum Gasteiger partial charge on any atom is 0.237 e. The summed E-state index contributed by atoms with van der Waals surface area (Å²) in [4.78, 5) is 21.1. The van der Waals surface area contributed by atoms with Crippen molar-refractivity contribution in [2.45, 2.75) is 24.7 Å². The van der Waals surface area contributed by atoms with Crippen molar-refractivity contribution in [2.75, 3.05) is 39.5 Å². The molecule has 21 heavy (non-hydrogen) atoms. The molecule has 2 rings (SSSR count). The van der Waals surface area contributed by atoms with Crippen molar-refractivity contribution in [1.82, 2.24) is 24.7 Å². The van der Waals surface area contributed by atoms with Crippen molar-refractivity contribution in [3.8, 4) is 0 Å². The Labute approximate surface area is 130 Å². The lowest BCUT2D eigenvalue weighted by molar-refractivity contribution is -0.126. The molecule has 1 aliphatic rings. The van der Waals surface area contributed by atoms with E-state index >= 15 is 0 Å². The second-order valence-corrected chi connectivity index (χ2v) is 6.30. The summed E-state index contributed by atoms with van der Waals surface area (Å²) in [5, 5.41) is 3.99. The zero-order chi connectivity index (χ0) is 15.4. The number of aromatic nitrogens is 2. The smallest absolute Gasteiger partial charge is 0.237 e. The molecule has 1 aromatic rings. The van der Waals surface area contributed by atoms with Crippen LogP contribution in [0, 0.1) is 0 Å². The first-order chi connectivity index (χ1) is 10.0. The molecule has 2 heterocycles. The number of piperazine rings is 1. The Morgan fingerprint density at radius 2 is 2.05 bits per heavy atom. The Hall–Kier alpha value is -1.05. The maximum atomic E-state index is 12.3. The lowest BCUT2D eigenvalue weighted by Crippen LogP contribution is -2.52. The molecule has 1 fully saturated rings. The van der Waals surface area contributed by atoms with E-state index < -0.39 is 0 Å². The third-order valence-electron chi connectivity index (χ3n) is 4.13. The highest BCUT2D eigenvalue weighted by molar-refractivity contribution is 7.98. The van der Waals surface area contributed by atoms with Crippen LogP contribution in [-0.4, -0.2) is 70.8 Å². The first kappa shape index (κ1) is 16.3. The van der Waals surface area contributed by atoms with Crippen molar-refractivity contribution in [1.29, 1.82) is 0 Å². The van der Waals surface area contributed by atoms with Crippen LogP contribution in [0.25, 0.3) is 0 Å². The number of amides is 1. The number of thioether (sulfide) groups is 1. The SMILES string of the molecule is CSc1ncc(CNC(=O)[C@@H](C)N2CCN(C)CC2)n1C. The van der Waals surface area contributed by atoms with Gasteiger partial charge in [0.15, 0.2) is 5.16 Å². The van der Waals surface area contributed by atoms with Crippen LogP contribution in [-0.2, 0) is 18.4 Å². The highest BCUT2D eigenvalue weighted by Gasteiger charge is 2.24. The average molecular weight is 311 g/mol. The molecule has 1 N–H and O–H groups in total. The molecule has 7 heteroatoms. The van der Waals surface area contributed by atoms with Gasteiger partial charge in [0.05, 0.1) is 24.5 Å². The summed E-state index contributed by atoms with van der Waals surface area (Å²) in [6.07, 6.45) is 3.83. The molecular weight excluding hydrogens is 286 g/mol. The quantitative estimate of drug-likeness (QED) is 0.798. The normalized spacial score (nSPS) is 18.7. The number of carbonyl (C=O) groups excluding carboxylic acids is 1. The molecule has 6 nitrogen and oxygen atoms in total. The summed E-state index contributed by atoms with van der Waals surface area (Å²) in [6, 6.07) is -0.0769. The number of hydrogen-bond acceptors (Lipinski definition) is 5. The van der Waals surface area contributed by atoms with Gasteiger partial charge in [-0.25, -0.2) is 4.98 Å². The highest BCUT2D eigenvalue weighted by atomic mass is 32.2. The summed E-state index contributed by atoms with van der Waals surface area (Å²) in [5.41, 5.74) is 1.03.